The van der Waals surface area contributed by atoms with Crippen LogP contribution in [-0.4, -0.2) is 11.2 Å². The molecule has 1 rings (SSSR count). The van der Waals surface area contributed by atoms with Crippen LogP contribution in [-0.2, 0) is 0 Å². The van der Waals surface area contributed by atoms with Gasteiger partial charge in [0, 0.05) is 0 Å². The van der Waals surface area contributed by atoms with E-state index in [2.05, 4.69) is 13.8 Å². The van der Waals surface area contributed by atoms with Crippen molar-refractivity contribution in [3.8, 4) is 0 Å². The van der Waals surface area contributed by atoms with Crippen molar-refractivity contribution in [3.05, 3.63) is 0 Å². The normalized spacial score (nSPS) is 34.8. The quantitative estimate of drug-likeness (QED) is 0.595. The van der Waals surface area contributed by atoms with E-state index in [-0.39, 0.29) is 6.10 Å². The monoisotopic (exact) mass is 142 g/mol. The van der Waals surface area contributed by atoms with Crippen molar-refractivity contribution >= 4 is 0 Å². The molecule has 0 amide bonds. The Morgan fingerprint density at radius 3 is 2.40 bits per heavy atom. The van der Waals surface area contributed by atoms with E-state index in [4.69, 9.17) is 0 Å². The molecule has 0 bridgehead atoms. The molecule has 0 aliphatic heterocycles. The first-order valence-corrected chi connectivity index (χ1v) is 4.38. The van der Waals surface area contributed by atoms with Crippen molar-refractivity contribution in [2.24, 2.45) is 11.8 Å². The van der Waals surface area contributed by atoms with Crippen LogP contribution >= 0.6 is 0 Å². The van der Waals surface area contributed by atoms with Gasteiger partial charge in [-0.2, -0.15) is 0 Å². The van der Waals surface area contributed by atoms with Gasteiger partial charge in [0.15, 0.2) is 0 Å². The van der Waals surface area contributed by atoms with E-state index in [1.165, 1.54) is 12.8 Å². The second-order valence-corrected chi connectivity index (χ2v) is 3.82. The fourth-order valence-corrected chi connectivity index (χ4v) is 1.81. The molecule has 1 N–H and O–H groups in total. The summed E-state index contributed by atoms with van der Waals surface area (Å²) >= 11 is 0. The molecular formula is C9H18O. The van der Waals surface area contributed by atoms with Crippen LogP contribution in [0.4, 0.5) is 0 Å². The van der Waals surface area contributed by atoms with Crippen LogP contribution in [0.3, 0.4) is 0 Å². The average Bonchev–Trinajstić information content (AvgIpc) is 1.88. The van der Waals surface area contributed by atoms with Gasteiger partial charge in [0.2, 0.25) is 0 Å². The Hall–Kier alpha value is -0.0400. The Bertz CT molecular complexity index is 98.9. The summed E-state index contributed by atoms with van der Waals surface area (Å²) in [6.07, 6.45) is 4.63. The number of hydrogen-bond acceptors (Lipinski definition) is 1. The molecule has 60 valence electrons. The zero-order valence-electron chi connectivity index (χ0n) is 7.01. The highest BCUT2D eigenvalue weighted by Gasteiger charge is 2.21. The maximum absolute atomic E-state index is 9.33. The molecule has 0 heterocycles. The van der Waals surface area contributed by atoms with Gasteiger partial charge in [-0.15, -0.1) is 0 Å². The van der Waals surface area contributed by atoms with Gasteiger partial charge in [0.25, 0.3) is 0 Å². The van der Waals surface area contributed by atoms with Crippen LogP contribution in [0.25, 0.3) is 0 Å². The summed E-state index contributed by atoms with van der Waals surface area (Å²) in [7, 11) is 0. The van der Waals surface area contributed by atoms with Crippen LogP contribution in [0.15, 0.2) is 0 Å². The van der Waals surface area contributed by atoms with Crippen molar-refractivity contribution in [1.29, 1.82) is 0 Å². The molecule has 0 aromatic rings. The zero-order chi connectivity index (χ0) is 7.56. The highest BCUT2D eigenvalue weighted by Crippen LogP contribution is 2.29. The Morgan fingerprint density at radius 2 is 2.00 bits per heavy atom. The Labute approximate surface area is 63.4 Å². The largest absolute Gasteiger partial charge is 0.393 e. The third-order valence-electron chi connectivity index (χ3n) is 2.63. The lowest BCUT2D eigenvalue weighted by Crippen LogP contribution is -2.22. The Kier molecular flexibility index (Phi) is 2.72. The maximum Gasteiger partial charge on any atom is 0.0543 e. The summed E-state index contributed by atoms with van der Waals surface area (Å²) < 4.78 is 0. The highest BCUT2D eigenvalue weighted by molar-refractivity contribution is 4.73. The van der Waals surface area contributed by atoms with Crippen LogP contribution < -0.4 is 0 Å². The number of rotatable bonds is 1. The molecule has 0 spiro atoms. The first-order chi connectivity index (χ1) is 4.70. The molecule has 1 saturated carbocycles. The van der Waals surface area contributed by atoms with Gasteiger partial charge in [0.1, 0.15) is 0 Å². The highest BCUT2D eigenvalue weighted by atomic mass is 16.3. The molecule has 0 saturated heterocycles. The summed E-state index contributed by atoms with van der Waals surface area (Å²) in [5.74, 6) is 1.54. The fourth-order valence-electron chi connectivity index (χ4n) is 1.81. The SMILES string of the molecule is CC(C)C1CCCC(O)C1. The molecule has 10 heavy (non-hydrogen) atoms. The van der Waals surface area contributed by atoms with E-state index in [0.717, 1.165) is 24.7 Å². The molecule has 1 aliphatic rings. The molecule has 1 heteroatoms. The third kappa shape index (κ3) is 1.98. The van der Waals surface area contributed by atoms with Gasteiger partial charge in [0.05, 0.1) is 6.10 Å². The van der Waals surface area contributed by atoms with Gasteiger partial charge in [-0.25, -0.2) is 0 Å². The molecule has 1 aliphatic carbocycles. The number of aliphatic hydroxyl groups is 1. The summed E-state index contributed by atoms with van der Waals surface area (Å²) in [5, 5.41) is 9.33. The molecule has 0 aromatic heterocycles. The van der Waals surface area contributed by atoms with Crippen molar-refractivity contribution in [2.45, 2.75) is 45.6 Å². The number of aliphatic hydroxyl groups excluding tert-OH is 1. The van der Waals surface area contributed by atoms with E-state index >= 15 is 0 Å². The molecular weight excluding hydrogens is 124 g/mol. The summed E-state index contributed by atoms with van der Waals surface area (Å²) in [4.78, 5) is 0. The van der Waals surface area contributed by atoms with Crippen LogP contribution in [0.1, 0.15) is 39.5 Å². The van der Waals surface area contributed by atoms with Gasteiger partial charge in [-0.1, -0.05) is 26.7 Å². The van der Waals surface area contributed by atoms with Crippen LogP contribution in [0, 0.1) is 11.8 Å². The molecule has 2 unspecified atom stereocenters. The molecule has 0 aromatic carbocycles. The first kappa shape index (κ1) is 8.06. The second-order valence-electron chi connectivity index (χ2n) is 3.82. The smallest absolute Gasteiger partial charge is 0.0543 e. The minimum absolute atomic E-state index is 0.00106. The number of hydrogen-bond donors (Lipinski definition) is 1. The minimum atomic E-state index is 0.00106. The zero-order valence-corrected chi connectivity index (χ0v) is 7.01. The van der Waals surface area contributed by atoms with Crippen molar-refractivity contribution < 1.29 is 5.11 Å². The van der Waals surface area contributed by atoms with Crippen molar-refractivity contribution in [3.63, 3.8) is 0 Å². The van der Waals surface area contributed by atoms with Gasteiger partial charge < -0.3 is 5.11 Å². The van der Waals surface area contributed by atoms with Gasteiger partial charge in [-0.05, 0) is 24.7 Å². The van der Waals surface area contributed by atoms with E-state index in [1.54, 1.807) is 0 Å². The van der Waals surface area contributed by atoms with Crippen molar-refractivity contribution in [1.82, 2.24) is 0 Å². The van der Waals surface area contributed by atoms with Gasteiger partial charge >= 0.3 is 0 Å². The topological polar surface area (TPSA) is 20.2 Å². The lowest BCUT2D eigenvalue weighted by Gasteiger charge is -2.28. The van der Waals surface area contributed by atoms with Crippen LogP contribution in [0.2, 0.25) is 0 Å². The molecule has 0 radical (unpaired) electrons. The lowest BCUT2D eigenvalue weighted by molar-refractivity contribution is 0.0858. The average molecular weight is 142 g/mol. The third-order valence-corrected chi connectivity index (χ3v) is 2.63. The maximum atomic E-state index is 9.33. The lowest BCUT2D eigenvalue weighted by atomic mass is 9.80. The van der Waals surface area contributed by atoms with E-state index < -0.39 is 0 Å². The van der Waals surface area contributed by atoms with E-state index in [1.807, 2.05) is 0 Å². The second kappa shape index (κ2) is 3.38. The summed E-state index contributed by atoms with van der Waals surface area (Å²) in [6.45, 7) is 4.51. The van der Waals surface area contributed by atoms with Crippen LogP contribution in [0.5, 0.6) is 0 Å². The van der Waals surface area contributed by atoms with E-state index in [9.17, 15) is 5.11 Å². The summed E-state index contributed by atoms with van der Waals surface area (Å²) in [6, 6.07) is 0. The fraction of sp³-hybridized carbons (Fsp3) is 1.00. The Balaban J connectivity index is 2.32. The Morgan fingerprint density at radius 1 is 1.30 bits per heavy atom. The minimum Gasteiger partial charge on any atom is -0.393 e. The molecule has 1 nitrogen and oxygen atoms in total. The summed E-state index contributed by atoms with van der Waals surface area (Å²) in [5.41, 5.74) is 0. The van der Waals surface area contributed by atoms with Crippen molar-refractivity contribution in [2.75, 3.05) is 0 Å². The molecule has 2 atom stereocenters. The predicted molar refractivity (Wildman–Crippen MR) is 42.8 cm³/mol. The van der Waals surface area contributed by atoms with Gasteiger partial charge in [-0.3, -0.25) is 0 Å². The predicted octanol–water partition coefficient (Wildman–Crippen LogP) is 2.19. The first-order valence-electron chi connectivity index (χ1n) is 4.38. The standard InChI is InChI=1S/C9H18O/c1-7(2)8-4-3-5-9(10)6-8/h7-10H,3-6H2,1-2H3. The molecule has 1 fully saturated rings. The van der Waals surface area contributed by atoms with E-state index in [0.29, 0.717) is 0 Å².